The van der Waals surface area contributed by atoms with Gasteiger partial charge in [0.1, 0.15) is 0 Å². The van der Waals surface area contributed by atoms with Crippen molar-refractivity contribution in [1.29, 1.82) is 0 Å². The van der Waals surface area contributed by atoms with Crippen molar-refractivity contribution < 1.29 is 5.11 Å². The standard InChI is InChI=1S/C14H23NOS/c1-11(8-13-6-7-17-10-13)15-14-4-2-12(9-16)3-5-14/h6-7,10-12,14-16H,2-5,8-9H2,1H3. The van der Waals surface area contributed by atoms with Crippen LogP contribution in [0.25, 0.3) is 0 Å². The summed E-state index contributed by atoms with van der Waals surface area (Å²) in [6.07, 6.45) is 5.93. The lowest BCUT2D eigenvalue weighted by atomic mass is 9.86. The number of thiophene rings is 1. The Hall–Kier alpha value is -0.380. The molecule has 0 saturated heterocycles. The summed E-state index contributed by atoms with van der Waals surface area (Å²) in [5.74, 6) is 0.556. The molecule has 1 aromatic heterocycles. The third-order valence-corrected chi connectivity index (χ3v) is 4.48. The number of aliphatic hydroxyl groups is 1. The molecule has 1 heterocycles. The first-order valence-corrected chi connectivity index (χ1v) is 7.60. The van der Waals surface area contributed by atoms with E-state index in [1.165, 1.54) is 31.2 Å². The summed E-state index contributed by atoms with van der Waals surface area (Å²) < 4.78 is 0. The normalized spacial score (nSPS) is 26.9. The van der Waals surface area contributed by atoms with Crippen molar-refractivity contribution >= 4 is 11.3 Å². The second-order valence-corrected chi connectivity index (χ2v) is 6.08. The Balaban J connectivity index is 1.70. The molecule has 1 aromatic rings. The van der Waals surface area contributed by atoms with Crippen molar-refractivity contribution in [3.63, 3.8) is 0 Å². The fraction of sp³-hybridized carbons (Fsp3) is 0.714. The Morgan fingerprint density at radius 3 is 2.76 bits per heavy atom. The van der Waals surface area contributed by atoms with Gasteiger partial charge in [-0.3, -0.25) is 0 Å². The summed E-state index contributed by atoms with van der Waals surface area (Å²) in [5, 5.41) is 17.2. The number of aliphatic hydroxyl groups excluding tert-OH is 1. The average Bonchev–Trinajstić information content (AvgIpc) is 2.82. The number of hydrogen-bond acceptors (Lipinski definition) is 3. The minimum atomic E-state index is 0.372. The molecule has 0 amide bonds. The van der Waals surface area contributed by atoms with Crippen molar-refractivity contribution in [2.75, 3.05) is 6.61 Å². The number of hydrogen-bond donors (Lipinski definition) is 2. The molecule has 3 heteroatoms. The maximum atomic E-state index is 9.11. The van der Waals surface area contributed by atoms with Crippen LogP contribution in [0, 0.1) is 5.92 Å². The first-order chi connectivity index (χ1) is 8.28. The number of nitrogens with one attached hydrogen (secondary N) is 1. The predicted molar refractivity (Wildman–Crippen MR) is 73.5 cm³/mol. The summed E-state index contributed by atoms with van der Waals surface area (Å²) in [6.45, 7) is 2.65. The first kappa shape index (κ1) is 13.1. The summed E-state index contributed by atoms with van der Waals surface area (Å²) in [4.78, 5) is 0. The van der Waals surface area contributed by atoms with E-state index in [0.717, 1.165) is 6.42 Å². The minimum Gasteiger partial charge on any atom is -0.396 e. The molecule has 96 valence electrons. The Labute approximate surface area is 108 Å². The zero-order chi connectivity index (χ0) is 12.1. The minimum absolute atomic E-state index is 0.372. The first-order valence-electron chi connectivity index (χ1n) is 6.66. The Morgan fingerprint density at radius 1 is 1.41 bits per heavy atom. The van der Waals surface area contributed by atoms with Crippen LogP contribution in [-0.2, 0) is 6.42 Å². The van der Waals surface area contributed by atoms with Crippen LogP contribution in [0.2, 0.25) is 0 Å². The van der Waals surface area contributed by atoms with Crippen LogP contribution >= 0.6 is 11.3 Å². The van der Waals surface area contributed by atoms with Crippen LogP contribution in [0.15, 0.2) is 16.8 Å². The molecule has 1 fully saturated rings. The molecule has 0 radical (unpaired) electrons. The molecule has 2 nitrogen and oxygen atoms in total. The van der Waals surface area contributed by atoms with Crippen LogP contribution in [0.4, 0.5) is 0 Å². The largest absolute Gasteiger partial charge is 0.396 e. The van der Waals surface area contributed by atoms with Gasteiger partial charge >= 0.3 is 0 Å². The quantitative estimate of drug-likeness (QED) is 0.846. The van der Waals surface area contributed by atoms with Gasteiger partial charge in [-0.2, -0.15) is 11.3 Å². The molecule has 2 rings (SSSR count). The van der Waals surface area contributed by atoms with Gasteiger partial charge in [0.05, 0.1) is 0 Å². The van der Waals surface area contributed by atoms with Crippen molar-refractivity contribution in [2.24, 2.45) is 5.92 Å². The van der Waals surface area contributed by atoms with Gasteiger partial charge in [-0.15, -0.1) is 0 Å². The molecule has 0 spiro atoms. The molecule has 1 aliphatic rings. The molecule has 2 N–H and O–H groups in total. The van der Waals surface area contributed by atoms with E-state index in [1.54, 1.807) is 11.3 Å². The maximum absolute atomic E-state index is 9.11. The lowest BCUT2D eigenvalue weighted by Gasteiger charge is -2.30. The molecule has 0 bridgehead atoms. The van der Waals surface area contributed by atoms with Gasteiger partial charge in [0, 0.05) is 18.7 Å². The Bertz CT molecular complexity index is 304. The van der Waals surface area contributed by atoms with Crippen molar-refractivity contribution in [3.8, 4) is 0 Å². The molecular formula is C14H23NOS. The van der Waals surface area contributed by atoms with Gasteiger partial charge in [0.25, 0.3) is 0 Å². The van der Waals surface area contributed by atoms with Gasteiger partial charge in [0.15, 0.2) is 0 Å². The molecule has 1 saturated carbocycles. The van der Waals surface area contributed by atoms with Gasteiger partial charge in [0.2, 0.25) is 0 Å². The fourth-order valence-electron chi connectivity index (χ4n) is 2.74. The molecule has 1 unspecified atom stereocenters. The molecule has 0 aliphatic heterocycles. The SMILES string of the molecule is CC(Cc1ccsc1)NC1CCC(CO)CC1. The van der Waals surface area contributed by atoms with Gasteiger partial charge in [-0.05, 0) is 67.3 Å². The van der Waals surface area contributed by atoms with E-state index in [1.807, 2.05) is 0 Å². The summed E-state index contributed by atoms with van der Waals surface area (Å²) in [6, 6.07) is 3.43. The third-order valence-electron chi connectivity index (χ3n) is 3.75. The van der Waals surface area contributed by atoms with Crippen LogP contribution in [-0.4, -0.2) is 23.8 Å². The van der Waals surface area contributed by atoms with Gasteiger partial charge < -0.3 is 10.4 Å². The highest BCUT2D eigenvalue weighted by Crippen LogP contribution is 2.24. The van der Waals surface area contributed by atoms with Crippen molar-refractivity contribution in [1.82, 2.24) is 5.32 Å². The van der Waals surface area contributed by atoms with E-state index in [0.29, 0.717) is 24.6 Å². The molecule has 1 atom stereocenters. The average molecular weight is 253 g/mol. The Morgan fingerprint density at radius 2 is 2.18 bits per heavy atom. The predicted octanol–water partition coefficient (Wildman–Crippen LogP) is 2.82. The Kier molecular flexibility index (Phi) is 5.01. The highest BCUT2D eigenvalue weighted by atomic mass is 32.1. The van der Waals surface area contributed by atoms with E-state index in [2.05, 4.69) is 29.1 Å². The van der Waals surface area contributed by atoms with Gasteiger partial charge in [-0.1, -0.05) is 0 Å². The van der Waals surface area contributed by atoms with Crippen LogP contribution in [0.1, 0.15) is 38.2 Å². The molecule has 1 aliphatic carbocycles. The van der Waals surface area contributed by atoms with E-state index < -0.39 is 0 Å². The van der Waals surface area contributed by atoms with Crippen molar-refractivity contribution in [3.05, 3.63) is 22.4 Å². The fourth-order valence-corrected chi connectivity index (χ4v) is 3.42. The van der Waals surface area contributed by atoms with E-state index >= 15 is 0 Å². The second-order valence-electron chi connectivity index (χ2n) is 5.30. The van der Waals surface area contributed by atoms with Crippen LogP contribution in [0.3, 0.4) is 0 Å². The lowest BCUT2D eigenvalue weighted by molar-refractivity contribution is 0.172. The molecule has 17 heavy (non-hydrogen) atoms. The van der Waals surface area contributed by atoms with E-state index in [-0.39, 0.29) is 0 Å². The zero-order valence-electron chi connectivity index (χ0n) is 10.6. The van der Waals surface area contributed by atoms with Crippen molar-refractivity contribution in [2.45, 2.75) is 51.1 Å². The smallest absolute Gasteiger partial charge is 0.0459 e. The molecular weight excluding hydrogens is 230 g/mol. The summed E-state index contributed by atoms with van der Waals surface area (Å²) >= 11 is 1.78. The third kappa shape index (κ3) is 4.09. The summed E-state index contributed by atoms with van der Waals surface area (Å²) in [5.41, 5.74) is 1.44. The molecule has 0 aromatic carbocycles. The van der Waals surface area contributed by atoms with Crippen LogP contribution < -0.4 is 5.32 Å². The lowest BCUT2D eigenvalue weighted by Crippen LogP contribution is -2.40. The maximum Gasteiger partial charge on any atom is 0.0459 e. The van der Waals surface area contributed by atoms with Crippen LogP contribution in [0.5, 0.6) is 0 Å². The monoisotopic (exact) mass is 253 g/mol. The van der Waals surface area contributed by atoms with E-state index in [4.69, 9.17) is 5.11 Å². The second kappa shape index (κ2) is 6.53. The highest BCUT2D eigenvalue weighted by molar-refractivity contribution is 7.07. The van der Waals surface area contributed by atoms with Gasteiger partial charge in [-0.25, -0.2) is 0 Å². The topological polar surface area (TPSA) is 32.3 Å². The highest BCUT2D eigenvalue weighted by Gasteiger charge is 2.21. The summed E-state index contributed by atoms with van der Waals surface area (Å²) in [7, 11) is 0. The zero-order valence-corrected chi connectivity index (χ0v) is 11.4. The van der Waals surface area contributed by atoms with E-state index in [9.17, 15) is 0 Å². The number of rotatable bonds is 5.